The summed E-state index contributed by atoms with van der Waals surface area (Å²) >= 11 is 1.69. The second kappa shape index (κ2) is 6.44. The van der Waals surface area contributed by atoms with E-state index >= 15 is 0 Å². The average molecular weight is 279 g/mol. The van der Waals surface area contributed by atoms with Crippen LogP contribution in [0, 0.1) is 0 Å². The highest BCUT2D eigenvalue weighted by atomic mass is 32.2. The molecule has 0 saturated heterocycles. The number of thioether (sulfide) groups is 1. The maximum absolute atomic E-state index is 11.3. The van der Waals surface area contributed by atoms with Gasteiger partial charge >= 0.3 is 5.97 Å². The van der Waals surface area contributed by atoms with E-state index in [4.69, 9.17) is 4.74 Å². The molecule has 2 rings (SSSR count). The van der Waals surface area contributed by atoms with Crippen LogP contribution in [0.3, 0.4) is 0 Å². The Morgan fingerprint density at radius 2 is 2.11 bits per heavy atom. The molecule has 0 amide bonds. The molecule has 1 aliphatic rings. The molecule has 0 bridgehead atoms. The summed E-state index contributed by atoms with van der Waals surface area (Å²) in [4.78, 5) is 11.3. The fourth-order valence-electron chi connectivity index (χ4n) is 2.79. The lowest BCUT2D eigenvalue weighted by molar-refractivity contribution is -0.137. The number of nitrogens with one attached hydrogen (secondary N) is 1. The zero-order chi connectivity index (χ0) is 13.8. The molecule has 1 aromatic carbocycles. The van der Waals surface area contributed by atoms with Crippen LogP contribution in [0.4, 0.5) is 0 Å². The van der Waals surface area contributed by atoms with E-state index in [1.807, 2.05) is 7.05 Å². The Bertz CT molecular complexity index is 450. The Labute approximate surface area is 119 Å². The molecule has 1 aromatic rings. The Hall–Kier alpha value is -1.00. The van der Waals surface area contributed by atoms with E-state index in [0.717, 1.165) is 6.42 Å². The zero-order valence-electron chi connectivity index (χ0n) is 11.7. The first kappa shape index (κ1) is 14.4. The van der Waals surface area contributed by atoms with E-state index in [-0.39, 0.29) is 5.97 Å². The lowest BCUT2D eigenvalue weighted by Crippen LogP contribution is -2.34. The molecule has 3 unspecified atom stereocenters. The number of hydrogen-bond acceptors (Lipinski definition) is 4. The predicted octanol–water partition coefficient (Wildman–Crippen LogP) is 2.73. The molecule has 1 N–H and O–H groups in total. The van der Waals surface area contributed by atoms with E-state index in [0.29, 0.717) is 23.0 Å². The Morgan fingerprint density at radius 3 is 2.74 bits per heavy atom. The van der Waals surface area contributed by atoms with Crippen LogP contribution in [0.2, 0.25) is 0 Å². The SMILES string of the molecule is CNC1c2ccccc2C(C)CC1SCC(=O)OC. The third-order valence-electron chi connectivity index (χ3n) is 3.77. The molecular weight excluding hydrogens is 258 g/mol. The second-order valence-corrected chi connectivity index (χ2v) is 6.19. The van der Waals surface area contributed by atoms with Gasteiger partial charge in [0, 0.05) is 11.3 Å². The molecule has 19 heavy (non-hydrogen) atoms. The third kappa shape index (κ3) is 3.12. The van der Waals surface area contributed by atoms with Gasteiger partial charge in [0.1, 0.15) is 0 Å². The van der Waals surface area contributed by atoms with Gasteiger partial charge in [-0.25, -0.2) is 0 Å². The molecule has 0 aromatic heterocycles. The fourth-order valence-corrected chi connectivity index (χ4v) is 4.16. The molecule has 0 spiro atoms. The number of methoxy groups -OCH3 is 1. The van der Waals surface area contributed by atoms with Gasteiger partial charge in [0.25, 0.3) is 0 Å². The molecular formula is C15H21NO2S. The van der Waals surface area contributed by atoms with Crippen molar-refractivity contribution in [3.05, 3.63) is 35.4 Å². The first-order valence-electron chi connectivity index (χ1n) is 6.61. The summed E-state index contributed by atoms with van der Waals surface area (Å²) in [6.45, 7) is 2.26. The maximum Gasteiger partial charge on any atom is 0.315 e. The van der Waals surface area contributed by atoms with Gasteiger partial charge in [-0.1, -0.05) is 31.2 Å². The summed E-state index contributed by atoms with van der Waals surface area (Å²) in [5.41, 5.74) is 2.79. The van der Waals surface area contributed by atoms with Crippen molar-refractivity contribution in [3.63, 3.8) is 0 Å². The van der Waals surface area contributed by atoms with Crippen LogP contribution in [-0.2, 0) is 9.53 Å². The number of esters is 1. The van der Waals surface area contributed by atoms with E-state index in [2.05, 4.69) is 36.5 Å². The van der Waals surface area contributed by atoms with Crippen molar-refractivity contribution in [3.8, 4) is 0 Å². The lowest BCUT2D eigenvalue weighted by Gasteiger charge is -2.36. The minimum Gasteiger partial charge on any atom is -0.468 e. The molecule has 0 aliphatic heterocycles. The van der Waals surface area contributed by atoms with Gasteiger partial charge in [0.2, 0.25) is 0 Å². The summed E-state index contributed by atoms with van der Waals surface area (Å²) in [7, 11) is 3.43. The molecule has 3 atom stereocenters. The molecule has 4 heteroatoms. The van der Waals surface area contributed by atoms with Crippen molar-refractivity contribution < 1.29 is 9.53 Å². The normalized spacial score (nSPS) is 25.7. The van der Waals surface area contributed by atoms with Crippen molar-refractivity contribution in [1.29, 1.82) is 0 Å². The van der Waals surface area contributed by atoms with E-state index in [9.17, 15) is 4.79 Å². The van der Waals surface area contributed by atoms with Crippen LogP contribution in [-0.4, -0.2) is 31.1 Å². The van der Waals surface area contributed by atoms with Crippen LogP contribution in [0.1, 0.15) is 36.4 Å². The van der Waals surface area contributed by atoms with Crippen LogP contribution in [0.25, 0.3) is 0 Å². The highest BCUT2D eigenvalue weighted by molar-refractivity contribution is 8.00. The van der Waals surface area contributed by atoms with Gasteiger partial charge in [-0.05, 0) is 30.5 Å². The quantitative estimate of drug-likeness (QED) is 0.860. The maximum atomic E-state index is 11.3. The molecule has 0 radical (unpaired) electrons. The zero-order valence-corrected chi connectivity index (χ0v) is 12.5. The fraction of sp³-hybridized carbons (Fsp3) is 0.533. The van der Waals surface area contributed by atoms with Crippen LogP contribution in [0.5, 0.6) is 0 Å². The van der Waals surface area contributed by atoms with Crippen molar-refractivity contribution in [2.24, 2.45) is 0 Å². The topological polar surface area (TPSA) is 38.3 Å². The standard InChI is InChI=1S/C15H21NO2S/c1-10-8-13(19-9-14(17)18-3)15(16-2)12-7-5-4-6-11(10)12/h4-7,10,13,15-16H,8-9H2,1-3H3. The summed E-state index contributed by atoms with van der Waals surface area (Å²) in [5, 5.41) is 3.81. The summed E-state index contributed by atoms with van der Waals surface area (Å²) in [6.07, 6.45) is 1.09. The average Bonchev–Trinajstić information content (AvgIpc) is 2.45. The van der Waals surface area contributed by atoms with Gasteiger partial charge < -0.3 is 10.1 Å². The van der Waals surface area contributed by atoms with E-state index < -0.39 is 0 Å². The number of ether oxygens (including phenoxy) is 1. The van der Waals surface area contributed by atoms with Gasteiger partial charge in [0.15, 0.2) is 0 Å². The third-order valence-corrected chi connectivity index (χ3v) is 5.07. The van der Waals surface area contributed by atoms with E-state index in [1.165, 1.54) is 18.2 Å². The van der Waals surface area contributed by atoms with Gasteiger partial charge in [-0.2, -0.15) is 0 Å². The number of hydrogen-bond donors (Lipinski definition) is 1. The first-order valence-corrected chi connectivity index (χ1v) is 7.66. The highest BCUT2D eigenvalue weighted by Crippen LogP contribution is 2.42. The Kier molecular flexibility index (Phi) is 4.88. The number of fused-ring (bicyclic) bond motifs is 1. The van der Waals surface area contributed by atoms with Crippen LogP contribution < -0.4 is 5.32 Å². The first-order chi connectivity index (χ1) is 9.17. The number of carbonyl (C=O) groups excluding carboxylic acids is 1. The van der Waals surface area contributed by atoms with Crippen LogP contribution in [0.15, 0.2) is 24.3 Å². The molecule has 0 fully saturated rings. The minimum absolute atomic E-state index is 0.147. The van der Waals surface area contributed by atoms with Gasteiger partial charge in [-0.3, -0.25) is 4.79 Å². The molecule has 0 saturated carbocycles. The lowest BCUT2D eigenvalue weighted by atomic mass is 9.81. The van der Waals surface area contributed by atoms with Crippen molar-refractivity contribution in [2.75, 3.05) is 19.9 Å². The number of carbonyl (C=O) groups is 1. The largest absolute Gasteiger partial charge is 0.468 e. The Balaban J connectivity index is 2.16. The highest BCUT2D eigenvalue weighted by Gasteiger charge is 2.32. The van der Waals surface area contributed by atoms with Gasteiger partial charge in [0.05, 0.1) is 12.9 Å². The number of benzene rings is 1. The summed E-state index contributed by atoms with van der Waals surface area (Å²) in [5.74, 6) is 0.816. The van der Waals surface area contributed by atoms with E-state index in [1.54, 1.807) is 11.8 Å². The summed E-state index contributed by atoms with van der Waals surface area (Å²) < 4.78 is 4.73. The Morgan fingerprint density at radius 1 is 1.42 bits per heavy atom. The monoisotopic (exact) mass is 279 g/mol. The van der Waals surface area contributed by atoms with Crippen molar-refractivity contribution in [1.82, 2.24) is 5.32 Å². The molecule has 104 valence electrons. The second-order valence-electron chi connectivity index (χ2n) is 4.96. The molecule has 1 aliphatic carbocycles. The smallest absolute Gasteiger partial charge is 0.315 e. The number of rotatable bonds is 4. The molecule has 3 nitrogen and oxygen atoms in total. The minimum atomic E-state index is -0.147. The van der Waals surface area contributed by atoms with Crippen molar-refractivity contribution >= 4 is 17.7 Å². The van der Waals surface area contributed by atoms with Gasteiger partial charge in [-0.15, -0.1) is 11.8 Å². The summed E-state index contributed by atoms with van der Waals surface area (Å²) in [6, 6.07) is 8.90. The van der Waals surface area contributed by atoms with Crippen molar-refractivity contribution in [2.45, 2.75) is 30.6 Å². The van der Waals surface area contributed by atoms with Crippen LogP contribution >= 0.6 is 11.8 Å². The molecule has 0 heterocycles. The predicted molar refractivity (Wildman–Crippen MR) is 79.5 cm³/mol.